The molecule has 8 heteroatoms. The number of imidazole rings is 1. The molecule has 1 aromatic heterocycles. The van der Waals surface area contributed by atoms with Crippen molar-refractivity contribution in [3.8, 4) is 23.1 Å². The fraction of sp³-hybridized carbons (Fsp3) is 0.179. The van der Waals surface area contributed by atoms with Gasteiger partial charge in [-0.05, 0) is 23.3 Å². The molecule has 0 fully saturated rings. The number of hydrogen-bond acceptors (Lipinski definition) is 5. The Kier molecular flexibility index (Phi) is 6.92. The van der Waals surface area contributed by atoms with Gasteiger partial charge in [-0.2, -0.15) is 5.26 Å². The van der Waals surface area contributed by atoms with Gasteiger partial charge in [0.25, 0.3) is 0 Å². The Morgan fingerprint density at radius 2 is 1.89 bits per heavy atom. The van der Waals surface area contributed by atoms with Crippen molar-refractivity contribution in [1.82, 2.24) is 14.9 Å². The Morgan fingerprint density at radius 1 is 1.06 bits per heavy atom. The van der Waals surface area contributed by atoms with E-state index in [2.05, 4.69) is 38.4 Å². The van der Waals surface area contributed by atoms with Crippen LogP contribution < -0.4 is 15.4 Å². The number of aromatic nitrogens is 2. The van der Waals surface area contributed by atoms with Crippen molar-refractivity contribution in [1.29, 1.82) is 5.26 Å². The van der Waals surface area contributed by atoms with E-state index in [1.807, 2.05) is 48.7 Å². The number of carbonyl (C=O) groups is 1. The van der Waals surface area contributed by atoms with Gasteiger partial charge in [0.1, 0.15) is 12.4 Å². The maximum Gasteiger partial charge on any atom is 0.319 e. The van der Waals surface area contributed by atoms with Crippen LogP contribution in [0.15, 0.2) is 85.3 Å². The molecule has 4 aromatic rings. The second-order valence-electron chi connectivity index (χ2n) is 8.33. The highest BCUT2D eigenvalue weighted by Gasteiger charge is 2.28. The van der Waals surface area contributed by atoms with Gasteiger partial charge in [0.2, 0.25) is 0 Å². The third kappa shape index (κ3) is 5.06. The molecule has 1 aliphatic heterocycles. The highest BCUT2D eigenvalue weighted by Crippen LogP contribution is 2.38. The fourth-order valence-corrected chi connectivity index (χ4v) is 4.29. The van der Waals surface area contributed by atoms with Crippen molar-refractivity contribution < 1.29 is 14.3 Å². The normalized spacial score (nSPS) is 13.4. The maximum absolute atomic E-state index is 12.8. The van der Waals surface area contributed by atoms with Crippen LogP contribution in [0.2, 0.25) is 0 Å². The molecule has 0 saturated carbocycles. The number of nitriles is 1. The highest BCUT2D eigenvalue weighted by atomic mass is 16.5. The standard InChI is InChI=1S/C28H25N5O3/c29-15-21-10-11-24(27(14-21)36-13-12-35-18-20-6-2-1-3-7-20)32-28(34)31-17-26-23-9-5-4-8-22(23)25-16-30-19-33(25)26/h1-11,14,16,19,26H,12-13,17-18H2,(H2,31,32,34). The summed E-state index contributed by atoms with van der Waals surface area (Å²) in [7, 11) is 0. The molecule has 2 N–H and O–H groups in total. The summed E-state index contributed by atoms with van der Waals surface area (Å²) < 4.78 is 13.6. The number of nitrogens with zero attached hydrogens (tertiary/aromatic N) is 3. The monoisotopic (exact) mass is 479 g/mol. The predicted octanol–water partition coefficient (Wildman–Crippen LogP) is 4.74. The van der Waals surface area contributed by atoms with Gasteiger partial charge < -0.3 is 24.7 Å². The minimum atomic E-state index is -0.365. The van der Waals surface area contributed by atoms with Crippen LogP contribution in [-0.2, 0) is 11.3 Å². The summed E-state index contributed by atoms with van der Waals surface area (Å²) in [5.74, 6) is 0.413. The smallest absolute Gasteiger partial charge is 0.319 e. The second-order valence-corrected chi connectivity index (χ2v) is 8.33. The number of rotatable bonds is 9. The molecule has 1 atom stereocenters. The average molecular weight is 480 g/mol. The van der Waals surface area contributed by atoms with E-state index >= 15 is 0 Å². The predicted molar refractivity (Wildman–Crippen MR) is 136 cm³/mol. The Bertz CT molecular complexity index is 1390. The number of nitrogens with one attached hydrogen (secondary N) is 2. The van der Waals surface area contributed by atoms with Gasteiger partial charge in [0, 0.05) is 18.2 Å². The number of fused-ring (bicyclic) bond motifs is 3. The van der Waals surface area contributed by atoms with Crippen LogP contribution in [0.3, 0.4) is 0 Å². The second kappa shape index (κ2) is 10.8. The SMILES string of the molecule is N#Cc1ccc(NC(=O)NCC2c3ccccc3-c3cncn32)c(OCCOCc2ccccc2)c1. The number of hydrogen-bond donors (Lipinski definition) is 2. The molecule has 0 bridgehead atoms. The van der Waals surface area contributed by atoms with E-state index in [9.17, 15) is 10.1 Å². The molecule has 2 heterocycles. The molecule has 2 amide bonds. The number of carbonyl (C=O) groups excluding carboxylic acids is 1. The van der Waals surface area contributed by atoms with E-state index in [1.165, 1.54) is 0 Å². The summed E-state index contributed by atoms with van der Waals surface area (Å²) in [5.41, 5.74) is 5.31. The Balaban J connectivity index is 1.18. The Morgan fingerprint density at radius 3 is 2.75 bits per heavy atom. The van der Waals surface area contributed by atoms with Crippen LogP contribution in [-0.4, -0.2) is 35.3 Å². The Labute approximate surface area is 209 Å². The fourth-order valence-electron chi connectivity index (χ4n) is 4.29. The summed E-state index contributed by atoms with van der Waals surface area (Å²) >= 11 is 0. The molecule has 36 heavy (non-hydrogen) atoms. The molecule has 8 nitrogen and oxygen atoms in total. The summed E-state index contributed by atoms with van der Waals surface area (Å²) in [5, 5.41) is 15.1. The zero-order valence-electron chi connectivity index (χ0n) is 19.6. The topological polar surface area (TPSA) is 101 Å². The summed E-state index contributed by atoms with van der Waals surface area (Å²) in [6.45, 7) is 1.52. The number of benzene rings is 3. The van der Waals surface area contributed by atoms with E-state index in [1.54, 1.807) is 24.5 Å². The highest BCUT2D eigenvalue weighted by molar-refractivity contribution is 5.91. The third-order valence-electron chi connectivity index (χ3n) is 6.01. The van der Waals surface area contributed by atoms with E-state index in [0.717, 1.165) is 22.4 Å². The van der Waals surface area contributed by atoms with Crippen molar-refractivity contribution in [2.24, 2.45) is 0 Å². The number of anilines is 1. The number of ether oxygens (including phenoxy) is 2. The first-order chi connectivity index (χ1) is 17.7. The molecule has 0 saturated heterocycles. The lowest BCUT2D eigenvalue weighted by atomic mass is 10.0. The van der Waals surface area contributed by atoms with Crippen molar-refractivity contribution in [3.05, 3.63) is 102 Å². The molecule has 1 unspecified atom stereocenters. The van der Waals surface area contributed by atoms with Crippen molar-refractivity contribution >= 4 is 11.7 Å². The van der Waals surface area contributed by atoms with E-state index in [4.69, 9.17) is 9.47 Å². The lowest BCUT2D eigenvalue weighted by Gasteiger charge is -2.17. The molecular formula is C28H25N5O3. The minimum absolute atomic E-state index is 0.0390. The van der Waals surface area contributed by atoms with Gasteiger partial charge in [-0.1, -0.05) is 54.6 Å². The van der Waals surface area contributed by atoms with Gasteiger partial charge in [-0.25, -0.2) is 9.78 Å². The first kappa shape index (κ1) is 23.1. The zero-order valence-corrected chi connectivity index (χ0v) is 19.6. The quantitative estimate of drug-likeness (QED) is 0.338. The van der Waals surface area contributed by atoms with Crippen molar-refractivity contribution in [2.75, 3.05) is 25.1 Å². The van der Waals surface area contributed by atoms with E-state index in [-0.39, 0.29) is 18.7 Å². The van der Waals surface area contributed by atoms with Crippen molar-refractivity contribution in [3.63, 3.8) is 0 Å². The lowest BCUT2D eigenvalue weighted by Crippen LogP contribution is -2.33. The minimum Gasteiger partial charge on any atom is -0.489 e. The van der Waals surface area contributed by atoms with Gasteiger partial charge in [-0.15, -0.1) is 0 Å². The van der Waals surface area contributed by atoms with Crippen LogP contribution in [0.5, 0.6) is 5.75 Å². The van der Waals surface area contributed by atoms with Crippen LogP contribution >= 0.6 is 0 Å². The van der Waals surface area contributed by atoms with Crippen LogP contribution in [0, 0.1) is 11.3 Å². The van der Waals surface area contributed by atoms with E-state index < -0.39 is 0 Å². The van der Waals surface area contributed by atoms with Gasteiger partial charge >= 0.3 is 6.03 Å². The largest absolute Gasteiger partial charge is 0.489 e. The average Bonchev–Trinajstić information content (AvgIpc) is 3.50. The zero-order chi connectivity index (χ0) is 24.7. The molecule has 1 aliphatic rings. The van der Waals surface area contributed by atoms with Crippen molar-refractivity contribution in [2.45, 2.75) is 12.6 Å². The molecule has 5 rings (SSSR count). The molecule has 180 valence electrons. The van der Waals surface area contributed by atoms with Crippen LogP contribution in [0.1, 0.15) is 22.7 Å². The first-order valence-electron chi connectivity index (χ1n) is 11.7. The molecule has 0 aliphatic carbocycles. The number of amides is 2. The third-order valence-corrected chi connectivity index (χ3v) is 6.01. The van der Waals surface area contributed by atoms with Gasteiger partial charge in [0.15, 0.2) is 0 Å². The molecule has 0 radical (unpaired) electrons. The molecular weight excluding hydrogens is 454 g/mol. The first-order valence-corrected chi connectivity index (χ1v) is 11.7. The summed E-state index contributed by atoms with van der Waals surface area (Å²) in [6, 6.07) is 24.6. The Hall–Kier alpha value is -4.61. The molecule has 3 aromatic carbocycles. The van der Waals surface area contributed by atoms with E-state index in [0.29, 0.717) is 36.8 Å². The summed E-state index contributed by atoms with van der Waals surface area (Å²) in [6.07, 6.45) is 3.62. The number of urea groups is 1. The lowest BCUT2D eigenvalue weighted by molar-refractivity contribution is 0.0891. The van der Waals surface area contributed by atoms with Crippen LogP contribution in [0.4, 0.5) is 10.5 Å². The maximum atomic E-state index is 12.8. The van der Waals surface area contributed by atoms with Crippen LogP contribution in [0.25, 0.3) is 11.3 Å². The molecule has 0 spiro atoms. The summed E-state index contributed by atoms with van der Waals surface area (Å²) in [4.78, 5) is 17.0. The van der Waals surface area contributed by atoms with Gasteiger partial charge in [-0.3, -0.25) is 0 Å². The van der Waals surface area contributed by atoms with Gasteiger partial charge in [0.05, 0.1) is 54.8 Å².